The summed E-state index contributed by atoms with van der Waals surface area (Å²) in [5.74, 6) is -1.66. The van der Waals surface area contributed by atoms with Crippen LogP contribution in [0.25, 0.3) is 0 Å². The molecular weight excluding hydrogens is 372 g/mol. The monoisotopic (exact) mass is 388 g/mol. The van der Waals surface area contributed by atoms with Gasteiger partial charge in [-0.3, -0.25) is 24.5 Å². The Hall–Kier alpha value is -3.20. The molecule has 9 heteroatoms. The van der Waals surface area contributed by atoms with E-state index in [-0.39, 0.29) is 17.2 Å². The second kappa shape index (κ2) is 9.48. The molecule has 0 atom stereocenters. The number of nitrogens with one attached hydrogen (secondary N) is 1. The number of nitro groups is 1. The maximum absolute atomic E-state index is 11.9. The fourth-order valence-corrected chi connectivity index (χ4v) is 2.96. The second-order valence-electron chi connectivity index (χ2n) is 5.32. The third kappa shape index (κ3) is 5.93. The fourth-order valence-electron chi connectivity index (χ4n) is 2.14. The third-order valence-electron chi connectivity index (χ3n) is 3.35. The Labute approximate surface area is 159 Å². The highest BCUT2D eigenvalue weighted by molar-refractivity contribution is 8.00. The molecule has 2 rings (SSSR count). The van der Waals surface area contributed by atoms with Crippen molar-refractivity contribution < 1.29 is 24.0 Å². The Kier molecular flexibility index (Phi) is 7.07. The lowest BCUT2D eigenvalue weighted by Gasteiger charge is -2.09. The minimum absolute atomic E-state index is 0.103. The van der Waals surface area contributed by atoms with Crippen LogP contribution >= 0.6 is 11.8 Å². The summed E-state index contributed by atoms with van der Waals surface area (Å²) >= 11 is 0.953. The number of ketones is 1. The number of nitro benzene ring substituents is 1. The first-order valence-corrected chi connectivity index (χ1v) is 8.78. The van der Waals surface area contributed by atoms with Gasteiger partial charge in [-0.15, -0.1) is 11.8 Å². The first kappa shape index (κ1) is 20.1. The number of esters is 1. The van der Waals surface area contributed by atoms with Gasteiger partial charge in [0.2, 0.25) is 0 Å². The number of rotatable bonds is 8. The van der Waals surface area contributed by atoms with E-state index in [4.69, 9.17) is 4.74 Å². The van der Waals surface area contributed by atoms with Gasteiger partial charge in [0.15, 0.2) is 12.4 Å². The maximum Gasteiger partial charge on any atom is 0.316 e. The van der Waals surface area contributed by atoms with E-state index in [2.05, 4.69) is 5.32 Å². The molecule has 140 valence electrons. The van der Waals surface area contributed by atoms with Crippen molar-refractivity contribution in [3.63, 3.8) is 0 Å². The van der Waals surface area contributed by atoms with E-state index in [1.54, 1.807) is 30.3 Å². The molecule has 0 aliphatic carbocycles. The number of para-hydroxylation sites is 2. The molecule has 1 N–H and O–H groups in total. The van der Waals surface area contributed by atoms with Crippen molar-refractivity contribution in [3.8, 4) is 0 Å². The molecule has 2 aromatic carbocycles. The van der Waals surface area contributed by atoms with E-state index >= 15 is 0 Å². The molecule has 0 aliphatic heterocycles. The van der Waals surface area contributed by atoms with Crippen LogP contribution < -0.4 is 5.32 Å². The molecule has 0 spiro atoms. The van der Waals surface area contributed by atoms with Gasteiger partial charge in [-0.1, -0.05) is 24.3 Å². The first-order chi connectivity index (χ1) is 12.9. The van der Waals surface area contributed by atoms with Crippen molar-refractivity contribution in [1.29, 1.82) is 0 Å². The summed E-state index contributed by atoms with van der Waals surface area (Å²) in [5, 5.41) is 13.4. The van der Waals surface area contributed by atoms with Crippen molar-refractivity contribution in [2.45, 2.75) is 11.8 Å². The number of thioether (sulfide) groups is 1. The summed E-state index contributed by atoms with van der Waals surface area (Å²) in [5.41, 5.74) is 0.582. The molecule has 1 amide bonds. The zero-order valence-electron chi connectivity index (χ0n) is 14.3. The molecule has 0 fully saturated rings. The van der Waals surface area contributed by atoms with Gasteiger partial charge < -0.3 is 10.1 Å². The summed E-state index contributed by atoms with van der Waals surface area (Å²) in [6.45, 7) is 0.855. The molecule has 0 radical (unpaired) electrons. The minimum Gasteiger partial charge on any atom is -0.455 e. The van der Waals surface area contributed by atoms with Crippen LogP contribution in [-0.4, -0.2) is 34.9 Å². The Morgan fingerprint density at radius 1 is 1.11 bits per heavy atom. The number of carbonyl (C=O) groups is 3. The Balaban J connectivity index is 1.85. The Bertz CT molecular complexity index is 884. The van der Waals surface area contributed by atoms with E-state index in [0.717, 1.165) is 11.8 Å². The van der Waals surface area contributed by atoms with E-state index in [1.807, 2.05) is 0 Å². The van der Waals surface area contributed by atoms with Crippen LogP contribution in [0.1, 0.15) is 17.3 Å². The molecule has 0 bridgehead atoms. The molecule has 8 nitrogen and oxygen atoms in total. The van der Waals surface area contributed by atoms with Crippen LogP contribution in [0, 0.1) is 10.1 Å². The lowest BCUT2D eigenvalue weighted by molar-refractivity contribution is -0.387. The second-order valence-corrected chi connectivity index (χ2v) is 6.34. The fraction of sp³-hybridized carbons (Fsp3) is 0.167. The topological polar surface area (TPSA) is 116 Å². The quantitative estimate of drug-likeness (QED) is 0.243. The largest absolute Gasteiger partial charge is 0.455 e. The Morgan fingerprint density at radius 2 is 1.78 bits per heavy atom. The summed E-state index contributed by atoms with van der Waals surface area (Å²) < 4.78 is 4.87. The summed E-state index contributed by atoms with van der Waals surface area (Å²) in [6, 6.07) is 12.5. The van der Waals surface area contributed by atoms with Gasteiger partial charge in [-0.05, 0) is 25.1 Å². The highest BCUT2D eigenvalue weighted by Crippen LogP contribution is 2.28. The third-order valence-corrected chi connectivity index (χ3v) is 4.39. The van der Waals surface area contributed by atoms with Gasteiger partial charge in [0.1, 0.15) is 0 Å². The smallest absolute Gasteiger partial charge is 0.316 e. The van der Waals surface area contributed by atoms with Gasteiger partial charge in [0, 0.05) is 11.6 Å². The number of carbonyl (C=O) groups excluding carboxylic acids is 3. The van der Waals surface area contributed by atoms with Gasteiger partial charge in [0.25, 0.3) is 11.6 Å². The van der Waals surface area contributed by atoms with Crippen LogP contribution in [0.15, 0.2) is 53.4 Å². The van der Waals surface area contributed by atoms with Gasteiger partial charge >= 0.3 is 5.97 Å². The Morgan fingerprint density at radius 3 is 2.48 bits per heavy atom. The van der Waals surface area contributed by atoms with Crippen molar-refractivity contribution in [2.75, 3.05) is 17.7 Å². The molecular formula is C18H16N2O6S. The summed E-state index contributed by atoms with van der Waals surface area (Å²) in [7, 11) is 0. The average Bonchev–Trinajstić information content (AvgIpc) is 2.65. The standard InChI is InChI=1S/C18H16N2O6S/c1-12(21)13-6-2-3-7-14(13)19-17(22)10-26-18(23)11-27-16-9-5-4-8-15(16)20(24)25/h2-9H,10-11H2,1H3,(H,19,22). The minimum atomic E-state index is -0.687. The number of Topliss-reactive ketones (excluding diaryl/α,β-unsaturated/α-hetero) is 1. The number of hydrogen-bond donors (Lipinski definition) is 1. The lowest BCUT2D eigenvalue weighted by atomic mass is 10.1. The van der Waals surface area contributed by atoms with Crippen LogP contribution in [0.2, 0.25) is 0 Å². The van der Waals surface area contributed by atoms with Crippen LogP contribution in [0.3, 0.4) is 0 Å². The molecule has 0 unspecified atom stereocenters. The summed E-state index contributed by atoms with van der Waals surface area (Å²) in [4.78, 5) is 45.9. The highest BCUT2D eigenvalue weighted by atomic mass is 32.2. The SMILES string of the molecule is CC(=O)c1ccccc1NC(=O)COC(=O)CSc1ccccc1[N+](=O)[O-]. The zero-order chi connectivity index (χ0) is 19.8. The number of ether oxygens (including phenoxy) is 1. The van der Waals surface area contributed by atoms with Crippen LogP contribution in [-0.2, 0) is 14.3 Å². The zero-order valence-corrected chi connectivity index (χ0v) is 15.2. The van der Waals surface area contributed by atoms with Crippen LogP contribution in [0.5, 0.6) is 0 Å². The molecule has 0 saturated heterocycles. The highest BCUT2D eigenvalue weighted by Gasteiger charge is 2.16. The number of anilines is 1. The van der Waals surface area contributed by atoms with Gasteiger partial charge in [-0.2, -0.15) is 0 Å². The normalized spacial score (nSPS) is 10.1. The van der Waals surface area contributed by atoms with Crippen molar-refractivity contribution >= 4 is 40.8 Å². The number of nitrogens with zero attached hydrogens (tertiary/aromatic N) is 1. The molecule has 27 heavy (non-hydrogen) atoms. The number of amides is 1. The maximum atomic E-state index is 11.9. The average molecular weight is 388 g/mol. The first-order valence-electron chi connectivity index (χ1n) is 7.80. The number of benzene rings is 2. The molecule has 0 aliphatic rings. The van der Waals surface area contributed by atoms with Gasteiger partial charge in [-0.25, -0.2) is 0 Å². The molecule has 0 aromatic heterocycles. The lowest BCUT2D eigenvalue weighted by Crippen LogP contribution is -2.22. The molecule has 0 saturated carbocycles. The number of hydrogen-bond acceptors (Lipinski definition) is 7. The van der Waals surface area contributed by atoms with E-state index < -0.39 is 23.4 Å². The van der Waals surface area contributed by atoms with Crippen molar-refractivity contribution in [1.82, 2.24) is 0 Å². The van der Waals surface area contributed by atoms with E-state index in [0.29, 0.717) is 16.1 Å². The van der Waals surface area contributed by atoms with Gasteiger partial charge in [0.05, 0.1) is 21.3 Å². The predicted molar refractivity (Wildman–Crippen MR) is 99.9 cm³/mol. The van der Waals surface area contributed by atoms with E-state index in [1.165, 1.54) is 25.1 Å². The van der Waals surface area contributed by atoms with E-state index in [9.17, 15) is 24.5 Å². The predicted octanol–water partition coefficient (Wildman–Crippen LogP) is 3.07. The van der Waals surface area contributed by atoms with Crippen LogP contribution in [0.4, 0.5) is 11.4 Å². The molecule has 2 aromatic rings. The molecule has 0 heterocycles. The summed E-state index contributed by atoms with van der Waals surface area (Å²) in [6.07, 6.45) is 0. The van der Waals surface area contributed by atoms with Crippen molar-refractivity contribution in [3.05, 3.63) is 64.2 Å². The van der Waals surface area contributed by atoms with Crippen molar-refractivity contribution in [2.24, 2.45) is 0 Å².